The first-order valence-corrected chi connectivity index (χ1v) is 8.39. The number of halogens is 1. The lowest BCUT2D eigenvalue weighted by Gasteiger charge is -2.36. The summed E-state index contributed by atoms with van der Waals surface area (Å²) in [5.41, 5.74) is -0.190. The number of aryl methyl sites for hydroxylation is 1. The highest BCUT2D eigenvalue weighted by Gasteiger charge is 2.27. The van der Waals surface area contributed by atoms with E-state index in [1.165, 1.54) is 29.0 Å². The maximum atomic E-state index is 13.5. The van der Waals surface area contributed by atoms with E-state index >= 15 is 0 Å². The molecule has 132 valence electrons. The molecule has 7 heteroatoms. The van der Waals surface area contributed by atoms with Gasteiger partial charge >= 0.3 is 5.69 Å². The summed E-state index contributed by atoms with van der Waals surface area (Å²) in [6.07, 6.45) is 4.24. The van der Waals surface area contributed by atoms with Crippen LogP contribution in [0.15, 0.2) is 46.1 Å². The van der Waals surface area contributed by atoms with Crippen LogP contribution in [0.4, 0.5) is 4.39 Å². The molecule has 2 aromatic rings. The van der Waals surface area contributed by atoms with Crippen LogP contribution >= 0.6 is 0 Å². The third-order valence-electron chi connectivity index (χ3n) is 4.52. The molecule has 0 spiro atoms. The van der Waals surface area contributed by atoms with Gasteiger partial charge in [-0.25, -0.2) is 9.18 Å². The fraction of sp³-hybridized carbons (Fsp3) is 0.389. The minimum atomic E-state index is -0.527. The molecule has 1 unspecified atom stereocenters. The van der Waals surface area contributed by atoms with Crippen LogP contribution in [0.5, 0.6) is 0 Å². The third-order valence-corrected chi connectivity index (χ3v) is 4.52. The number of hydrogen-bond acceptors (Lipinski definition) is 3. The van der Waals surface area contributed by atoms with Gasteiger partial charge in [-0.1, -0.05) is 12.1 Å². The topological polar surface area (TPSA) is 75.2 Å². The molecule has 1 fully saturated rings. The van der Waals surface area contributed by atoms with Crippen molar-refractivity contribution in [3.05, 3.63) is 68.7 Å². The molecule has 0 bridgehead atoms. The maximum absolute atomic E-state index is 13.5. The number of aromatic nitrogens is 2. The van der Waals surface area contributed by atoms with Gasteiger partial charge in [-0.15, -0.1) is 0 Å². The van der Waals surface area contributed by atoms with E-state index in [1.807, 2.05) is 6.07 Å². The largest absolute Gasteiger partial charge is 0.336 e. The first-order chi connectivity index (χ1) is 12.0. The smallest absolute Gasteiger partial charge is 0.328 e. The number of carbonyl (C=O) groups is 1. The number of benzene rings is 1. The molecule has 0 aliphatic carbocycles. The normalized spacial score (nSPS) is 17.5. The zero-order valence-electron chi connectivity index (χ0n) is 13.8. The molecule has 1 amide bonds. The third kappa shape index (κ3) is 4.04. The number of likely N-dealkylation sites (tertiary alicyclic amines) is 1. The van der Waals surface area contributed by atoms with E-state index in [2.05, 4.69) is 4.98 Å². The fourth-order valence-electron chi connectivity index (χ4n) is 3.27. The van der Waals surface area contributed by atoms with Gasteiger partial charge in [0.25, 0.3) is 5.56 Å². The van der Waals surface area contributed by atoms with E-state index in [4.69, 9.17) is 0 Å². The molecule has 1 aliphatic heterocycles. The Bertz CT molecular complexity index is 874. The van der Waals surface area contributed by atoms with Gasteiger partial charge in [0, 0.05) is 31.8 Å². The van der Waals surface area contributed by atoms with E-state index in [-0.39, 0.29) is 30.7 Å². The molecular formula is C18H20FN3O3. The predicted molar refractivity (Wildman–Crippen MR) is 90.6 cm³/mol. The van der Waals surface area contributed by atoms with Crippen LogP contribution in [0.3, 0.4) is 0 Å². The van der Waals surface area contributed by atoms with Crippen molar-refractivity contribution in [3.63, 3.8) is 0 Å². The van der Waals surface area contributed by atoms with Gasteiger partial charge in [0.1, 0.15) is 5.82 Å². The first kappa shape index (κ1) is 17.1. The van der Waals surface area contributed by atoms with E-state index in [1.54, 1.807) is 11.0 Å². The standard InChI is InChI=1S/C18H20FN3O3/c19-14-5-3-4-13(12-14)15-6-1-2-9-22(15)17(24)8-11-21-10-7-16(23)20-18(21)25/h3-5,7,10,12,15H,1-2,6,8-9,11H2,(H,20,23,25). The summed E-state index contributed by atoms with van der Waals surface area (Å²) in [5.74, 6) is -0.387. The van der Waals surface area contributed by atoms with E-state index in [9.17, 15) is 18.8 Å². The summed E-state index contributed by atoms with van der Waals surface area (Å²) in [4.78, 5) is 39.4. The average Bonchev–Trinajstić information content (AvgIpc) is 2.61. The zero-order chi connectivity index (χ0) is 17.8. The molecule has 1 aromatic heterocycles. The first-order valence-electron chi connectivity index (χ1n) is 8.39. The molecule has 1 atom stereocenters. The van der Waals surface area contributed by atoms with E-state index in [0.717, 1.165) is 24.8 Å². The van der Waals surface area contributed by atoms with Crippen molar-refractivity contribution >= 4 is 5.91 Å². The highest BCUT2D eigenvalue weighted by molar-refractivity contribution is 5.76. The molecule has 0 saturated carbocycles. The number of nitrogens with one attached hydrogen (secondary N) is 1. The Balaban J connectivity index is 1.72. The van der Waals surface area contributed by atoms with Crippen LogP contribution in [0.25, 0.3) is 0 Å². The Labute approximate surface area is 143 Å². The Morgan fingerprint density at radius 3 is 2.84 bits per heavy atom. The number of carbonyl (C=O) groups excluding carboxylic acids is 1. The summed E-state index contributed by atoms with van der Waals surface area (Å²) in [6, 6.07) is 7.48. The Morgan fingerprint density at radius 2 is 2.08 bits per heavy atom. The number of H-pyrrole nitrogens is 1. The second-order valence-electron chi connectivity index (χ2n) is 6.21. The van der Waals surface area contributed by atoms with Crippen LogP contribution in [-0.2, 0) is 11.3 Å². The summed E-state index contributed by atoms with van der Waals surface area (Å²) in [5, 5.41) is 0. The van der Waals surface area contributed by atoms with Gasteiger partial charge < -0.3 is 9.47 Å². The van der Waals surface area contributed by atoms with Crippen molar-refractivity contribution in [2.45, 2.75) is 38.3 Å². The lowest BCUT2D eigenvalue weighted by Crippen LogP contribution is -2.39. The highest BCUT2D eigenvalue weighted by atomic mass is 19.1. The highest BCUT2D eigenvalue weighted by Crippen LogP contribution is 2.31. The summed E-state index contributed by atoms with van der Waals surface area (Å²) < 4.78 is 14.8. The number of rotatable bonds is 4. The molecule has 1 aromatic carbocycles. The molecule has 6 nitrogen and oxygen atoms in total. The Morgan fingerprint density at radius 1 is 1.24 bits per heavy atom. The van der Waals surface area contributed by atoms with Crippen molar-refractivity contribution < 1.29 is 9.18 Å². The molecule has 3 rings (SSSR count). The van der Waals surface area contributed by atoms with E-state index in [0.29, 0.717) is 6.54 Å². The summed E-state index contributed by atoms with van der Waals surface area (Å²) in [7, 11) is 0. The van der Waals surface area contributed by atoms with Crippen molar-refractivity contribution in [2.75, 3.05) is 6.54 Å². The lowest BCUT2D eigenvalue weighted by molar-refractivity contribution is -0.135. The van der Waals surface area contributed by atoms with Gasteiger partial charge in [0.15, 0.2) is 0 Å². The van der Waals surface area contributed by atoms with Crippen LogP contribution in [-0.4, -0.2) is 26.9 Å². The monoisotopic (exact) mass is 345 g/mol. The van der Waals surface area contributed by atoms with Gasteiger partial charge in [-0.3, -0.25) is 14.6 Å². The summed E-state index contributed by atoms with van der Waals surface area (Å²) >= 11 is 0. The summed E-state index contributed by atoms with van der Waals surface area (Å²) in [6.45, 7) is 0.821. The lowest BCUT2D eigenvalue weighted by atomic mass is 9.95. The number of hydrogen-bond donors (Lipinski definition) is 1. The second-order valence-corrected chi connectivity index (χ2v) is 6.21. The van der Waals surface area contributed by atoms with Gasteiger partial charge in [-0.2, -0.15) is 0 Å². The minimum Gasteiger partial charge on any atom is -0.336 e. The molecule has 1 aliphatic rings. The number of aromatic amines is 1. The molecule has 1 saturated heterocycles. The molecule has 1 N–H and O–H groups in total. The van der Waals surface area contributed by atoms with Crippen molar-refractivity contribution in [1.29, 1.82) is 0 Å². The van der Waals surface area contributed by atoms with Crippen molar-refractivity contribution in [2.24, 2.45) is 0 Å². The van der Waals surface area contributed by atoms with Gasteiger partial charge in [0.05, 0.1) is 6.04 Å². The zero-order valence-corrected chi connectivity index (χ0v) is 13.8. The van der Waals surface area contributed by atoms with Crippen molar-refractivity contribution in [3.8, 4) is 0 Å². The average molecular weight is 345 g/mol. The fourth-order valence-corrected chi connectivity index (χ4v) is 3.27. The van der Waals surface area contributed by atoms with Crippen LogP contribution < -0.4 is 11.2 Å². The number of amides is 1. The minimum absolute atomic E-state index is 0.0768. The second kappa shape index (κ2) is 7.46. The van der Waals surface area contributed by atoms with Crippen LogP contribution in [0.2, 0.25) is 0 Å². The van der Waals surface area contributed by atoms with Crippen molar-refractivity contribution in [1.82, 2.24) is 14.5 Å². The number of nitrogens with zero attached hydrogens (tertiary/aromatic N) is 2. The van der Waals surface area contributed by atoms with Crippen LogP contribution in [0.1, 0.15) is 37.3 Å². The molecule has 2 heterocycles. The predicted octanol–water partition coefficient (Wildman–Crippen LogP) is 1.82. The Kier molecular flexibility index (Phi) is 5.11. The maximum Gasteiger partial charge on any atom is 0.328 e. The SMILES string of the molecule is O=C(CCn1ccc(=O)[nH]c1=O)N1CCCCC1c1cccc(F)c1. The van der Waals surface area contributed by atoms with Gasteiger partial charge in [-0.05, 0) is 37.0 Å². The van der Waals surface area contributed by atoms with E-state index < -0.39 is 11.2 Å². The molecule has 25 heavy (non-hydrogen) atoms. The quantitative estimate of drug-likeness (QED) is 0.918. The van der Waals surface area contributed by atoms with Gasteiger partial charge in [0.2, 0.25) is 5.91 Å². The molecule has 0 radical (unpaired) electrons. The Hall–Kier alpha value is -2.70. The molecular weight excluding hydrogens is 325 g/mol. The number of piperidine rings is 1. The van der Waals surface area contributed by atoms with Crippen LogP contribution in [0, 0.1) is 5.82 Å².